The summed E-state index contributed by atoms with van der Waals surface area (Å²) in [7, 11) is 0. The Kier molecular flexibility index (Phi) is 6.19. The number of benzene rings is 1. The summed E-state index contributed by atoms with van der Waals surface area (Å²) < 4.78 is 5.56. The van der Waals surface area contributed by atoms with Crippen LogP contribution < -0.4 is 11.1 Å². The molecule has 1 aliphatic rings. The molecule has 0 radical (unpaired) electrons. The van der Waals surface area contributed by atoms with Crippen molar-refractivity contribution in [3.8, 4) is 0 Å². The standard InChI is InChI=1S/C19H30N2O2/c1-4-14(2)17(20)18(22)21-13-19(9-11-23-12-10-19)16-8-6-5-7-15(16)3/h5-8,14,17H,4,9-13,20H2,1-3H3,(H,21,22). The van der Waals surface area contributed by atoms with Crippen molar-refractivity contribution in [2.24, 2.45) is 11.7 Å². The minimum atomic E-state index is -0.436. The minimum Gasteiger partial charge on any atom is -0.381 e. The van der Waals surface area contributed by atoms with Crippen LogP contribution in [0.5, 0.6) is 0 Å². The molecule has 1 aromatic rings. The topological polar surface area (TPSA) is 64.4 Å². The lowest BCUT2D eigenvalue weighted by atomic mass is 9.72. The number of hydrogen-bond donors (Lipinski definition) is 2. The lowest BCUT2D eigenvalue weighted by Crippen LogP contribution is -2.50. The van der Waals surface area contributed by atoms with Crippen molar-refractivity contribution in [1.29, 1.82) is 0 Å². The third-order valence-corrected chi connectivity index (χ3v) is 5.33. The van der Waals surface area contributed by atoms with Crippen LogP contribution in [0, 0.1) is 12.8 Å². The number of nitrogens with two attached hydrogens (primary N) is 1. The van der Waals surface area contributed by atoms with Gasteiger partial charge in [0.15, 0.2) is 0 Å². The molecule has 1 heterocycles. The van der Waals surface area contributed by atoms with E-state index < -0.39 is 6.04 Å². The average Bonchev–Trinajstić information content (AvgIpc) is 2.59. The molecular formula is C19H30N2O2. The summed E-state index contributed by atoms with van der Waals surface area (Å²) in [4.78, 5) is 12.4. The maximum Gasteiger partial charge on any atom is 0.237 e. The van der Waals surface area contributed by atoms with Crippen LogP contribution in [0.1, 0.15) is 44.2 Å². The van der Waals surface area contributed by atoms with Crippen molar-refractivity contribution in [2.45, 2.75) is 51.5 Å². The van der Waals surface area contributed by atoms with Crippen molar-refractivity contribution in [3.63, 3.8) is 0 Å². The van der Waals surface area contributed by atoms with Gasteiger partial charge in [-0.25, -0.2) is 0 Å². The molecule has 2 atom stereocenters. The monoisotopic (exact) mass is 318 g/mol. The normalized spacial score (nSPS) is 19.8. The highest BCUT2D eigenvalue weighted by atomic mass is 16.5. The first-order valence-corrected chi connectivity index (χ1v) is 8.67. The number of carbonyl (C=O) groups excluding carboxylic acids is 1. The van der Waals surface area contributed by atoms with E-state index in [1.807, 2.05) is 6.92 Å². The van der Waals surface area contributed by atoms with E-state index >= 15 is 0 Å². The van der Waals surface area contributed by atoms with Crippen molar-refractivity contribution in [3.05, 3.63) is 35.4 Å². The number of rotatable bonds is 6. The Labute approximate surface area is 139 Å². The second kappa shape index (κ2) is 7.93. The largest absolute Gasteiger partial charge is 0.381 e. The van der Waals surface area contributed by atoms with Gasteiger partial charge in [-0.2, -0.15) is 0 Å². The van der Waals surface area contributed by atoms with Gasteiger partial charge in [0.2, 0.25) is 5.91 Å². The maximum absolute atomic E-state index is 12.4. The molecule has 128 valence electrons. The van der Waals surface area contributed by atoms with Gasteiger partial charge in [0.25, 0.3) is 0 Å². The molecule has 1 fully saturated rings. The fraction of sp³-hybridized carbons (Fsp3) is 0.632. The lowest BCUT2D eigenvalue weighted by molar-refractivity contribution is -0.123. The molecule has 1 aliphatic heterocycles. The van der Waals surface area contributed by atoms with Crippen LogP contribution in [0.15, 0.2) is 24.3 Å². The van der Waals surface area contributed by atoms with Gasteiger partial charge in [0, 0.05) is 25.2 Å². The molecule has 0 aromatic heterocycles. The Morgan fingerprint density at radius 2 is 2.00 bits per heavy atom. The first kappa shape index (κ1) is 18.0. The van der Waals surface area contributed by atoms with Crippen molar-refractivity contribution < 1.29 is 9.53 Å². The molecule has 0 aliphatic carbocycles. The molecule has 4 heteroatoms. The summed E-state index contributed by atoms with van der Waals surface area (Å²) in [5.74, 6) is 0.151. The van der Waals surface area contributed by atoms with E-state index in [0.717, 1.165) is 32.5 Å². The smallest absolute Gasteiger partial charge is 0.237 e. The lowest BCUT2D eigenvalue weighted by Gasteiger charge is -2.39. The van der Waals surface area contributed by atoms with E-state index in [4.69, 9.17) is 10.5 Å². The quantitative estimate of drug-likeness (QED) is 0.847. The second-order valence-corrected chi connectivity index (χ2v) is 6.84. The van der Waals surface area contributed by atoms with Gasteiger partial charge in [-0.15, -0.1) is 0 Å². The van der Waals surface area contributed by atoms with Gasteiger partial charge in [-0.3, -0.25) is 4.79 Å². The molecule has 2 unspecified atom stereocenters. The van der Waals surface area contributed by atoms with Crippen LogP contribution in [0.3, 0.4) is 0 Å². The Bertz CT molecular complexity index is 524. The van der Waals surface area contributed by atoms with Crippen LogP contribution in [0.4, 0.5) is 0 Å². The minimum absolute atomic E-state index is 0.0428. The molecule has 0 spiro atoms. The Morgan fingerprint density at radius 3 is 2.61 bits per heavy atom. The zero-order chi connectivity index (χ0) is 16.9. The average molecular weight is 318 g/mol. The fourth-order valence-electron chi connectivity index (χ4n) is 3.36. The van der Waals surface area contributed by atoms with Crippen LogP contribution >= 0.6 is 0 Å². The van der Waals surface area contributed by atoms with Gasteiger partial charge >= 0.3 is 0 Å². The molecule has 23 heavy (non-hydrogen) atoms. The Hall–Kier alpha value is -1.39. The molecule has 0 bridgehead atoms. The zero-order valence-corrected chi connectivity index (χ0v) is 14.6. The zero-order valence-electron chi connectivity index (χ0n) is 14.6. The number of carbonyl (C=O) groups is 1. The van der Waals surface area contributed by atoms with Crippen LogP contribution in [0.2, 0.25) is 0 Å². The van der Waals surface area contributed by atoms with Gasteiger partial charge in [-0.1, -0.05) is 44.5 Å². The predicted octanol–water partition coefficient (Wildman–Crippen LogP) is 2.53. The molecule has 2 rings (SSSR count). The van der Waals surface area contributed by atoms with Gasteiger partial charge in [0.05, 0.1) is 6.04 Å². The summed E-state index contributed by atoms with van der Waals surface area (Å²) in [5.41, 5.74) is 8.61. The third kappa shape index (κ3) is 4.12. The summed E-state index contributed by atoms with van der Waals surface area (Å²) in [5, 5.41) is 3.11. The van der Waals surface area contributed by atoms with E-state index in [-0.39, 0.29) is 17.2 Å². The number of aryl methyl sites for hydroxylation is 1. The second-order valence-electron chi connectivity index (χ2n) is 6.84. The van der Waals surface area contributed by atoms with Gasteiger partial charge in [-0.05, 0) is 36.8 Å². The fourth-order valence-corrected chi connectivity index (χ4v) is 3.36. The summed E-state index contributed by atoms with van der Waals surface area (Å²) in [6, 6.07) is 8.02. The molecule has 1 saturated heterocycles. The third-order valence-electron chi connectivity index (χ3n) is 5.33. The van der Waals surface area contributed by atoms with Gasteiger partial charge < -0.3 is 15.8 Å². The van der Waals surface area contributed by atoms with Crippen LogP contribution in [-0.2, 0) is 14.9 Å². The molecular weight excluding hydrogens is 288 g/mol. The number of hydrogen-bond acceptors (Lipinski definition) is 3. The SMILES string of the molecule is CCC(C)C(N)C(=O)NCC1(c2ccccc2C)CCOCC1. The number of ether oxygens (including phenoxy) is 1. The van der Waals surface area contributed by atoms with Crippen LogP contribution in [-0.4, -0.2) is 31.7 Å². The van der Waals surface area contributed by atoms with E-state index in [0.29, 0.717) is 6.54 Å². The molecule has 3 N–H and O–H groups in total. The maximum atomic E-state index is 12.4. The first-order chi connectivity index (χ1) is 11.0. The number of nitrogens with one attached hydrogen (secondary N) is 1. The highest BCUT2D eigenvalue weighted by molar-refractivity contribution is 5.81. The Balaban J connectivity index is 2.14. The molecule has 4 nitrogen and oxygen atoms in total. The summed E-state index contributed by atoms with van der Waals surface area (Å²) in [6.45, 7) is 8.33. The van der Waals surface area contributed by atoms with Crippen molar-refractivity contribution >= 4 is 5.91 Å². The number of amides is 1. The highest BCUT2D eigenvalue weighted by Gasteiger charge is 2.36. The van der Waals surface area contributed by atoms with E-state index in [1.165, 1.54) is 11.1 Å². The first-order valence-electron chi connectivity index (χ1n) is 8.67. The highest BCUT2D eigenvalue weighted by Crippen LogP contribution is 2.36. The van der Waals surface area contributed by atoms with E-state index in [9.17, 15) is 4.79 Å². The van der Waals surface area contributed by atoms with Crippen molar-refractivity contribution in [1.82, 2.24) is 5.32 Å². The van der Waals surface area contributed by atoms with Gasteiger partial charge in [0.1, 0.15) is 0 Å². The summed E-state index contributed by atoms with van der Waals surface area (Å²) >= 11 is 0. The van der Waals surface area contributed by atoms with E-state index in [2.05, 4.69) is 43.4 Å². The van der Waals surface area contributed by atoms with Crippen LogP contribution in [0.25, 0.3) is 0 Å². The predicted molar refractivity (Wildman–Crippen MR) is 93.4 cm³/mol. The molecule has 1 aromatic carbocycles. The molecule has 1 amide bonds. The molecule has 0 saturated carbocycles. The summed E-state index contributed by atoms with van der Waals surface area (Å²) in [6.07, 6.45) is 2.76. The van der Waals surface area contributed by atoms with E-state index in [1.54, 1.807) is 0 Å². The van der Waals surface area contributed by atoms with Crippen molar-refractivity contribution in [2.75, 3.05) is 19.8 Å². The Morgan fingerprint density at radius 1 is 1.35 bits per heavy atom.